The smallest absolute Gasteiger partial charge is 0.343 e. The Morgan fingerprint density at radius 1 is 1.42 bits per heavy atom. The number of nitrogens with one attached hydrogen (secondary N) is 1. The van der Waals surface area contributed by atoms with E-state index in [1.54, 1.807) is 31.2 Å². The first-order chi connectivity index (χ1) is 8.52. The van der Waals surface area contributed by atoms with Gasteiger partial charge in [0.1, 0.15) is 5.75 Å². The fourth-order valence-electron chi connectivity index (χ4n) is 1.12. The maximum atomic E-state index is 11.4. The van der Waals surface area contributed by atoms with E-state index in [1.807, 2.05) is 0 Å². The Balaban J connectivity index is 0.00000324. The Morgan fingerprint density at radius 3 is 2.68 bits per heavy atom. The van der Waals surface area contributed by atoms with Gasteiger partial charge in [0.05, 0.1) is 13.2 Å². The maximum absolute atomic E-state index is 11.4. The summed E-state index contributed by atoms with van der Waals surface area (Å²) in [5, 5.41) is 2.62. The van der Waals surface area contributed by atoms with Gasteiger partial charge in [-0.15, -0.1) is 12.4 Å². The molecular formula is C12H17ClN2O4. The summed E-state index contributed by atoms with van der Waals surface area (Å²) in [5.41, 5.74) is 5.99. The first-order valence-corrected chi connectivity index (χ1v) is 5.39. The molecule has 0 unspecified atom stereocenters. The number of esters is 1. The molecule has 0 aromatic heterocycles. The second kappa shape index (κ2) is 8.34. The van der Waals surface area contributed by atoms with E-state index in [1.165, 1.54) is 7.11 Å². The summed E-state index contributed by atoms with van der Waals surface area (Å²) in [6.45, 7) is 1.41. The summed E-state index contributed by atoms with van der Waals surface area (Å²) in [6.07, 6.45) is 0. The van der Waals surface area contributed by atoms with Crippen LogP contribution in [0.5, 0.6) is 5.75 Å². The van der Waals surface area contributed by atoms with Crippen LogP contribution in [-0.2, 0) is 14.3 Å². The number of amides is 1. The quantitative estimate of drug-likeness (QED) is 0.787. The van der Waals surface area contributed by atoms with Gasteiger partial charge in [-0.3, -0.25) is 4.79 Å². The van der Waals surface area contributed by atoms with E-state index in [0.29, 0.717) is 11.4 Å². The molecule has 1 aromatic carbocycles. The number of rotatable bonds is 5. The van der Waals surface area contributed by atoms with Gasteiger partial charge in [0.2, 0.25) is 5.91 Å². The molecule has 3 N–H and O–H groups in total. The third-order valence-electron chi connectivity index (χ3n) is 2.10. The van der Waals surface area contributed by atoms with Crippen LogP contribution in [0.2, 0.25) is 0 Å². The van der Waals surface area contributed by atoms with Crippen molar-refractivity contribution in [1.82, 2.24) is 0 Å². The number of nitrogens with two attached hydrogens (primary N) is 1. The van der Waals surface area contributed by atoms with Crippen molar-refractivity contribution >= 4 is 30.0 Å². The summed E-state index contributed by atoms with van der Waals surface area (Å²) < 4.78 is 9.63. The molecule has 0 saturated carbocycles. The van der Waals surface area contributed by atoms with Gasteiger partial charge >= 0.3 is 5.97 Å². The molecular weight excluding hydrogens is 272 g/mol. The average Bonchev–Trinajstić information content (AvgIpc) is 2.36. The Morgan fingerprint density at radius 2 is 2.11 bits per heavy atom. The minimum absolute atomic E-state index is 0. The molecule has 0 fully saturated rings. The van der Waals surface area contributed by atoms with E-state index in [4.69, 9.17) is 10.5 Å². The van der Waals surface area contributed by atoms with Gasteiger partial charge in [0, 0.05) is 11.8 Å². The lowest BCUT2D eigenvalue weighted by molar-refractivity contribution is -0.142. The maximum Gasteiger partial charge on any atom is 0.343 e. The molecule has 0 aliphatic heterocycles. The van der Waals surface area contributed by atoms with Crippen molar-refractivity contribution in [1.29, 1.82) is 0 Å². The zero-order valence-electron chi connectivity index (χ0n) is 10.7. The van der Waals surface area contributed by atoms with Gasteiger partial charge in [-0.1, -0.05) is 6.07 Å². The van der Waals surface area contributed by atoms with E-state index >= 15 is 0 Å². The molecule has 0 spiro atoms. The lowest BCUT2D eigenvalue weighted by Gasteiger charge is -2.09. The Hall–Kier alpha value is -1.79. The fraction of sp³-hybridized carbons (Fsp3) is 0.333. The van der Waals surface area contributed by atoms with Gasteiger partial charge in [-0.25, -0.2) is 4.79 Å². The molecule has 0 heterocycles. The Bertz CT molecular complexity index is 437. The number of methoxy groups -OCH3 is 1. The molecule has 0 aliphatic carbocycles. The minimum Gasteiger partial charge on any atom is -0.482 e. The predicted octanol–water partition coefficient (Wildman–Crippen LogP) is 0.946. The van der Waals surface area contributed by atoms with Gasteiger partial charge < -0.3 is 20.5 Å². The van der Waals surface area contributed by atoms with E-state index in [2.05, 4.69) is 10.1 Å². The third kappa shape index (κ3) is 6.08. The lowest BCUT2D eigenvalue weighted by Crippen LogP contribution is -2.32. The number of carbonyl (C=O) groups is 2. The topological polar surface area (TPSA) is 90.6 Å². The van der Waals surface area contributed by atoms with E-state index in [9.17, 15) is 9.59 Å². The molecule has 7 heteroatoms. The highest BCUT2D eigenvalue weighted by Crippen LogP contribution is 2.17. The third-order valence-corrected chi connectivity index (χ3v) is 2.10. The summed E-state index contributed by atoms with van der Waals surface area (Å²) in [7, 11) is 1.28. The molecule has 1 atom stereocenters. The highest BCUT2D eigenvalue weighted by atomic mass is 35.5. The number of anilines is 1. The van der Waals surface area contributed by atoms with Crippen LogP contribution in [0.25, 0.3) is 0 Å². The molecule has 19 heavy (non-hydrogen) atoms. The van der Waals surface area contributed by atoms with Crippen molar-refractivity contribution in [3.8, 4) is 5.75 Å². The van der Waals surface area contributed by atoms with Gasteiger partial charge in [0.25, 0.3) is 0 Å². The molecule has 0 bridgehead atoms. The molecule has 1 amide bonds. The Kier molecular flexibility index (Phi) is 7.55. The van der Waals surface area contributed by atoms with Crippen LogP contribution in [0, 0.1) is 0 Å². The number of hydrogen-bond acceptors (Lipinski definition) is 5. The highest BCUT2D eigenvalue weighted by Gasteiger charge is 2.08. The van der Waals surface area contributed by atoms with Crippen LogP contribution in [0.1, 0.15) is 6.92 Å². The first-order valence-electron chi connectivity index (χ1n) is 5.39. The number of halogens is 1. The average molecular weight is 289 g/mol. The summed E-state index contributed by atoms with van der Waals surface area (Å²) in [4.78, 5) is 22.3. The Labute approximate surface area is 117 Å². The van der Waals surface area contributed by atoms with Crippen LogP contribution >= 0.6 is 12.4 Å². The largest absolute Gasteiger partial charge is 0.482 e. The molecule has 0 radical (unpaired) electrons. The molecule has 106 valence electrons. The van der Waals surface area contributed by atoms with Crippen molar-refractivity contribution in [2.45, 2.75) is 13.0 Å². The van der Waals surface area contributed by atoms with Gasteiger partial charge in [-0.2, -0.15) is 0 Å². The van der Waals surface area contributed by atoms with Crippen LogP contribution in [0.4, 0.5) is 5.69 Å². The van der Waals surface area contributed by atoms with Crippen molar-refractivity contribution < 1.29 is 19.1 Å². The predicted molar refractivity (Wildman–Crippen MR) is 73.5 cm³/mol. The van der Waals surface area contributed by atoms with Crippen molar-refractivity contribution in [3.05, 3.63) is 24.3 Å². The second-order valence-corrected chi connectivity index (χ2v) is 3.67. The van der Waals surface area contributed by atoms with Crippen LogP contribution in [0.15, 0.2) is 24.3 Å². The number of ether oxygens (including phenoxy) is 2. The minimum atomic E-state index is -0.593. The van der Waals surface area contributed by atoms with Crippen LogP contribution < -0.4 is 15.8 Å². The number of hydrogen-bond donors (Lipinski definition) is 2. The van der Waals surface area contributed by atoms with E-state index < -0.39 is 12.0 Å². The fourth-order valence-corrected chi connectivity index (χ4v) is 1.12. The lowest BCUT2D eigenvalue weighted by atomic mass is 10.2. The summed E-state index contributed by atoms with van der Waals surface area (Å²) in [6, 6.07) is 6.08. The van der Waals surface area contributed by atoms with E-state index in [-0.39, 0.29) is 24.9 Å². The van der Waals surface area contributed by atoms with E-state index in [0.717, 1.165) is 0 Å². The van der Waals surface area contributed by atoms with Crippen LogP contribution in [0.3, 0.4) is 0 Å². The van der Waals surface area contributed by atoms with Gasteiger partial charge in [-0.05, 0) is 19.1 Å². The summed E-state index contributed by atoms with van der Waals surface area (Å²) in [5.74, 6) is -0.303. The number of benzene rings is 1. The van der Waals surface area contributed by atoms with Gasteiger partial charge in [0.15, 0.2) is 6.61 Å². The number of carbonyl (C=O) groups excluding carboxylic acids is 2. The zero-order valence-corrected chi connectivity index (χ0v) is 11.5. The molecule has 0 saturated heterocycles. The van der Waals surface area contributed by atoms with Crippen molar-refractivity contribution in [3.63, 3.8) is 0 Å². The zero-order chi connectivity index (χ0) is 13.5. The molecule has 0 aliphatic rings. The summed E-state index contributed by atoms with van der Waals surface area (Å²) >= 11 is 0. The SMILES string of the molecule is COC(=O)COc1cccc(NC(=O)[C@@H](C)N)c1.Cl. The molecule has 6 nitrogen and oxygen atoms in total. The van der Waals surface area contributed by atoms with Crippen LogP contribution in [-0.4, -0.2) is 31.6 Å². The molecule has 1 aromatic rings. The molecule has 1 rings (SSSR count). The first kappa shape index (κ1) is 17.2. The second-order valence-electron chi connectivity index (χ2n) is 3.67. The van der Waals surface area contributed by atoms with Crippen molar-refractivity contribution in [2.24, 2.45) is 5.73 Å². The monoisotopic (exact) mass is 288 g/mol. The highest BCUT2D eigenvalue weighted by molar-refractivity contribution is 5.94. The standard InChI is InChI=1S/C12H16N2O4.ClH/c1-8(13)12(16)14-9-4-3-5-10(6-9)18-7-11(15)17-2;/h3-6,8H,7,13H2,1-2H3,(H,14,16);1H/t8-;/m1./s1. The van der Waals surface area contributed by atoms with Crippen molar-refractivity contribution in [2.75, 3.05) is 19.0 Å². The normalized spacial score (nSPS) is 10.9.